The van der Waals surface area contributed by atoms with Gasteiger partial charge in [-0.25, -0.2) is 4.98 Å². The molecule has 1 aliphatic heterocycles. The number of aromatic nitrogens is 1. The highest BCUT2D eigenvalue weighted by molar-refractivity contribution is 5.95. The molecular formula is C11H12N4O. The van der Waals surface area contributed by atoms with Gasteiger partial charge in [0.2, 0.25) is 5.91 Å². The lowest BCUT2D eigenvalue weighted by Crippen LogP contribution is -2.35. The predicted molar refractivity (Wildman–Crippen MR) is 59.6 cm³/mol. The Morgan fingerprint density at radius 3 is 2.94 bits per heavy atom. The summed E-state index contributed by atoms with van der Waals surface area (Å²) >= 11 is 0. The molecule has 0 saturated carbocycles. The Morgan fingerprint density at radius 2 is 2.25 bits per heavy atom. The van der Waals surface area contributed by atoms with E-state index < -0.39 is 0 Å². The van der Waals surface area contributed by atoms with Crippen LogP contribution >= 0.6 is 0 Å². The van der Waals surface area contributed by atoms with Gasteiger partial charge >= 0.3 is 0 Å². The maximum atomic E-state index is 11.7. The molecule has 1 aromatic rings. The number of anilines is 2. The number of rotatable bonds is 1. The average molecular weight is 216 g/mol. The summed E-state index contributed by atoms with van der Waals surface area (Å²) in [6.07, 6.45) is 2.41. The number of nitrogens with two attached hydrogens (primary N) is 1. The number of hydrogen-bond acceptors (Lipinski definition) is 4. The Bertz CT molecular complexity index is 464. The highest BCUT2D eigenvalue weighted by atomic mass is 16.2. The van der Waals surface area contributed by atoms with E-state index in [2.05, 4.69) is 4.98 Å². The van der Waals surface area contributed by atoms with E-state index >= 15 is 0 Å². The Balaban J connectivity index is 2.39. The minimum Gasteiger partial charge on any atom is -0.384 e. The monoisotopic (exact) mass is 216 g/mol. The molecule has 0 spiro atoms. The molecule has 0 radical (unpaired) electrons. The third kappa shape index (κ3) is 1.82. The number of pyridine rings is 1. The van der Waals surface area contributed by atoms with Crippen molar-refractivity contribution in [3.05, 3.63) is 17.8 Å². The lowest BCUT2D eigenvalue weighted by atomic mass is 10.1. The van der Waals surface area contributed by atoms with E-state index in [1.54, 1.807) is 17.0 Å². The van der Waals surface area contributed by atoms with E-state index in [1.165, 1.54) is 0 Å². The molecule has 2 rings (SSSR count). The van der Waals surface area contributed by atoms with Crippen molar-refractivity contribution in [2.75, 3.05) is 17.2 Å². The number of piperidine rings is 1. The number of nitrogen functional groups attached to an aromatic ring is 1. The molecule has 82 valence electrons. The highest BCUT2D eigenvalue weighted by Gasteiger charge is 2.22. The molecular weight excluding hydrogens is 204 g/mol. The number of nitriles is 1. The lowest BCUT2D eigenvalue weighted by molar-refractivity contribution is -0.119. The Kier molecular flexibility index (Phi) is 2.73. The van der Waals surface area contributed by atoms with Gasteiger partial charge < -0.3 is 10.6 Å². The molecule has 2 N–H and O–H groups in total. The van der Waals surface area contributed by atoms with Crippen LogP contribution in [-0.2, 0) is 4.79 Å². The summed E-state index contributed by atoms with van der Waals surface area (Å²) in [6.45, 7) is 0.652. The molecule has 0 aliphatic carbocycles. The van der Waals surface area contributed by atoms with Gasteiger partial charge in [0.25, 0.3) is 0 Å². The van der Waals surface area contributed by atoms with Crippen molar-refractivity contribution >= 4 is 17.4 Å². The highest BCUT2D eigenvalue weighted by Crippen LogP contribution is 2.24. The van der Waals surface area contributed by atoms with Crippen molar-refractivity contribution in [2.24, 2.45) is 0 Å². The van der Waals surface area contributed by atoms with Crippen molar-refractivity contribution in [3.63, 3.8) is 0 Å². The summed E-state index contributed by atoms with van der Waals surface area (Å²) < 4.78 is 0. The SMILES string of the molecule is N#Cc1nc(N)ccc1N1CCCCC1=O. The van der Waals surface area contributed by atoms with Gasteiger partial charge in [-0.3, -0.25) is 4.79 Å². The predicted octanol–water partition coefficient (Wildman–Crippen LogP) is 1.05. The fourth-order valence-electron chi connectivity index (χ4n) is 1.83. The third-order valence-corrected chi connectivity index (χ3v) is 2.62. The molecule has 0 atom stereocenters. The second kappa shape index (κ2) is 4.19. The summed E-state index contributed by atoms with van der Waals surface area (Å²) in [4.78, 5) is 17.2. The van der Waals surface area contributed by atoms with Crippen molar-refractivity contribution in [3.8, 4) is 6.07 Å². The molecule has 0 bridgehead atoms. The smallest absolute Gasteiger partial charge is 0.227 e. The quantitative estimate of drug-likeness (QED) is 0.760. The first kappa shape index (κ1) is 10.4. The first-order valence-electron chi connectivity index (χ1n) is 5.19. The first-order chi connectivity index (χ1) is 7.72. The van der Waals surface area contributed by atoms with Gasteiger partial charge in [0.1, 0.15) is 11.9 Å². The zero-order valence-electron chi connectivity index (χ0n) is 8.81. The Labute approximate surface area is 93.5 Å². The van der Waals surface area contributed by atoms with Gasteiger partial charge in [0.15, 0.2) is 5.69 Å². The van der Waals surface area contributed by atoms with Crippen LogP contribution in [0.15, 0.2) is 12.1 Å². The van der Waals surface area contributed by atoms with Gasteiger partial charge in [-0.15, -0.1) is 0 Å². The largest absolute Gasteiger partial charge is 0.384 e. The van der Waals surface area contributed by atoms with Gasteiger partial charge in [0, 0.05) is 13.0 Å². The fourth-order valence-corrected chi connectivity index (χ4v) is 1.83. The van der Waals surface area contributed by atoms with Crippen molar-refractivity contribution < 1.29 is 4.79 Å². The Hall–Kier alpha value is -2.09. The minimum atomic E-state index is 0.0503. The van der Waals surface area contributed by atoms with Crippen LogP contribution in [-0.4, -0.2) is 17.4 Å². The lowest BCUT2D eigenvalue weighted by Gasteiger charge is -2.27. The van der Waals surface area contributed by atoms with Crippen LogP contribution in [0.2, 0.25) is 0 Å². The molecule has 5 heteroatoms. The van der Waals surface area contributed by atoms with E-state index in [4.69, 9.17) is 11.0 Å². The summed E-state index contributed by atoms with van der Waals surface area (Å²) in [5.74, 6) is 0.346. The summed E-state index contributed by atoms with van der Waals surface area (Å²) in [5, 5.41) is 8.95. The zero-order chi connectivity index (χ0) is 11.5. The van der Waals surface area contributed by atoms with E-state index in [1.807, 2.05) is 6.07 Å². The van der Waals surface area contributed by atoms with Gasteiger partial charge in [0.05, 0.1) is 5.69 Å². The maximum absolute atomic E-state index is 11.7. The number of carbonyl (C=O) groups is 1. The zero-order valence-corrected chi connectivity index (χ0v) is 8.81. The first-order valence-corrected chi connectivity index (χ1v) is 5.19. The van der Waals surface area contributed by atoms with Crippen molar-refractivity contribution in [2.45, 2.75) is 19.3 Å². The molecule has 0 aromatic carbocycles. The topological polar surface area (TPSA) is 83.0 Å². The third-order valence-electron chi connectivity index (χ3n) is 2.62. The van der Waals surface area contributed by atoms with Crippen molar-refractivity contribution in [1.82, 2.24) is 4.98 Å². The van der Waals surface area contributed by atoms with E-state index in [0.29, 0.717) is 24.5 Å². The van der Waals surface area contributed by atoms with Crippen LogP contribution in [0.3, 0.4) is 0 Å². The number of nitrogens with zero attached hydrogens (tertiary/aromatic N) is 3. The van der Waals surface area contributed by atoms with Gasteiger partial charge in [-0.1, -0.05) is 0 Å². The maximum Gasteiger partial charge on any atom is 0.227 e. The molecule has 0 unspecified atom stereocenters. The molecule has 1 amide bonds. The summed E-state index contributed by atoms with van der Waals surface area (Å²) in [7, 11) is 0. The van der Waals surface area contributed by atoms with Crippen LogP contribution in [0, 0.1) is 11.3 Å². The second-order valence-electron chi connectivity index (χ2n) is 3.72. The minimum absolute atomic E-state index is 0.0503. The van der Waals surface area contributed by atoms with Gasteiger partial charge in [-0.2, -0.15) is 5.26 Å². The van der Waals surface area contributed by atoms with Crippen LogP contribution in [0.4, 0.5) is 11.5 Å². The standard InChI is InChI=1S/C11H12N4O/c12-7-8-9(4-5-10(13)14-8)15-6-2-1-3-11(15)16/h4-5H,1-3,6H2,(H2,13,14). The van der Waals surface area contributed by atoms with E-state index in [9.17, 15) is 4.79 Å². The molecule has 2 heterocycles. The average Bonchev–Trinajstić information content (AvgIpc) is 2.30. The van der Waals surface area contributed by atoms with Crippen LogP contribution < -0.4 is 10.6 Å². The molecule has 1 aromatic heterocycles. The van der Waals surface area contributed by atoms with Crippen molar-refractivity contribution in [1.29, 1.82) is 5.26 Å². The van der Waals surface area contributed by atoms with Gasteiger partial charge in [-0.05, 0) is 25.0 Å². The molecule has 5 nitrogen and oxygen atoms in total. The second-order valence-corrected chi connectivity index (χ2v) is 3.72. The van der Waals surface area contributed by atoms with E-state index in [0.717, 1.165) is 12.8 Å². The number of amides is 1. The van der Waals surface area contributed by atoms with Crippen LogP contribution in [0.25, 0.3) is 0 Å². The molecule has 1 saturated heterocycles. The fraction of sp³-hybridized carbons (Fsp3) is 0.364. The molecule has 1 aliphatic rings. The van der Waals surface area contributed by atoms with Crippen LogP contribution in [0.1, 0.15) is 25.0 Å². The van der Waals surface area contributed by atoms with Crippen LogP contribution in [0.5, 0.6) is 0 Å². The number of hydrogen-bond donors (Lipinski definition) is 1. The van der Waals surface area contributed by atoms with E-state index in [-0.39, 0.29) is 11.6 Å². The molecule has 1 fully saturated rings. The molecule has 16 heavy (non-hydrogen) atoms. The normalized spacial score (nSPS) is 15.9. The summed E-state index contributed by atoms with van der Waals surface area (Å²) in [6, 6.07) is 5.26. The summed E-state index contributed by atoms with van der Waals surface area (Å²) in [5.41, 5.74) is 6.29. The Morgan fingerprint density at radius 1 is 1.44 bits per heavy atom. The number of carbonyl (C=O) groups excluding carboxylic acids is 1.